The van der Waals surface area contributed by atoms with Crippen LogP contribution >= 0.6 is 27.3 Å². The zero-order valence-electron chi connectivity index (χ0n) is 15.9. The number of methoxy groups -OCH3 is 1. The zero-order chi connectivity index (χ0) is 21.1. The molecule has 0 bridgehead atoms. The number of aromatic nitrogens is 3. The average Bonchev–Trinajstić information content (AvgIpc) is 3.23. The molecule has 4 rings (SSSR count). The highest BCUT2D eigenvalue weighted by atomic mass is 79.9. The molecule has 0 aliphatic heterocycles. The molecule has 0 N–H and O–H groups in total. The van der Waals surface area contributed by atoms with E-state index in [9.17, 15) is 9.59 Å². The van der Waals surface area contributed by atoms with E-state index in [0.717, 1.165) is 15.0 Å². The van der Waals surface area contributed by atoms with Crippen LogP contribution in [0, 0.1) is 0 Å². The van der Waals surface area contributed by atoms with E-state index in [0.29, 0.717) is 22.3 Å². The maximum absolute atomic E-state index is 12.5. The lowest BCUT2D eigenvalue weighted by Gasteiger charge is -2.07. The molecule has 0 amide bonds. The molecular weight excluding hydrogens is 470 g/mol. The van der Waals surface area contributed by atoms with E-state index in [1.807, 2.05) is 23.6 Å². The van der Waals surface area contributed by atoms with Gasteiger partial charge in [0, 0.05) is 9.85 Å². The fraction of sp³-hybridized carbons (Fsp3) is 0.143. The number of halogens is 1. The maximum Gasteiger partial charge on any atom is 0.326 e. The van der Waals surface area contributed by atoms with Crippen LogP contribution in [0.3, 0.4) is 0 Å². The Kier molecular flexibility index (Phi) is 5.91. The Morgan fingerprint density at radius 2 is 2.07 bits per heavy atom. The number of esters is 1. The molecule has 0 radical (unpaired) electrons. The first-order chi connectivity index (χ1) is 14.5. The van der Waals surface area contributed by atoms with Crippen LogP contribution in [-0.2, 0) is 22.7 Å². The van der Waals surface area contributed by atoms with Gasteiger partial charge in [-0.05, 0) is 30.3 Å². The van der Waals surface area contributed by atoms with E-state index in [4.69, 9.17) is 9.47 Å². The fourth-order valence-corrected chi connectivity index (χ4v) is 4.09. The highest BCUT2D eigenvalue weighted by Crippen LogP contribution is 2.34. The van der Waals surface area contributed by atoms with Crippen LogP contribution in [0.4, 0.5) is 0 Å². The van der Waals surface area contributed by atoms with Crippen LogP contribution in [0.15, 0.2) is 63.4 Å². The SMILES string of the molecule is COc1ccc(Br)cc1-c1nc(COC(=O)Cn2cnc3ccccc3c2=O)cs1. The van der Waals surface area contributed by atoms with Crippen molar-refractivity contribution in [1.82, 2.24) is 14.5 Å². The van der Waals surface area contributed by atoms with Crippen molar-refractivity contribution >= 4 is 44.1 Å². The standard InChI is InChI=1S/C21H16BrN3O4S/c1-28-18-7-6-13(22)8-16(18)20-24-14(11-30-20)10-29-19(26)9-25-12-23-17-5-3-2-4-15(17)21(25)27/h2-8,11-12H,9-10H2,1H3. The third-order valence-electron chi connectivity index (χ3n) is 4.36. The second-order valence-corrected chi connectivity index (χ2v) is 8.12. The molecule has 0 fully saturated rings. The van der Waals surface area contributed by atoms with E-state index >= 15 is 0 Å². The third-order valence-corrected chi connectivity index (χ3v) is 5.77. The minimum absolute atomic E-state index is 0.0153. The van der Waals surface area contributed by atoms with E-state index in [1.54, 1.807) is 31.4 Å². The Morgan fingerprint density at radius 3 is 2.90 bits per heavy atom. The van der Waals surface area contributed by atoms with Crippen LogP contribution in [0.1, 0.15) is 5.69 Å². The molecule has 0 atom stereocenters. The summed E-state index contributed by atoms with van der Waals surface area (Å²) in [6, 6.07) is 12.7. The molecule has 0 aliphatic carbocycles. The zero-order valence-corrected chi connectivity index (χ0v) is 18.3. The summed E-state index contributed by atoms with van der Waals surface area (Å²) in [7, 11) is 1.60. The van der Waals surface area contributed by atoms with Crippen LogP contribution in [-0.4, -0.2) is 27.6 Å². The van der Waals surface area contributed by atoms with Gasteiger partial charge in [-0.1, -0.05) is 28.1 Å². The molecule has 152 valence electrons. The first-order valence-corrected chi connectivity index (χ1v) is 10.6. The monoisotopic (exact) mass is 485 g/mol. The number of para-hydroxylation sites is 1. The first-order valence-electron chi connectivity index (χ1n) is 8.93. The molecule has 2 aromatic heterocycles. The van der Waals surface area contributed by atoms with Crippen LogP contribution in [0.25, 0.3) is 21.5 Å². The molecule has 7 nitrogen and oxygen atoms in total. The Morgan fingerprint density at radius 1 is 1.23 bits per heavy atom. The number of hydrogen-bond donors (Lipinski definition) is 0. The van der Waals surface area contributed by atoms with E-state index in [-0.39, 0.29) is 18.7 Å². The summed E-state index contributed by atoms with van der Waals surface area (Å²) in [5.41, 5.74) is 1.78. The minimum Gasteiger partial charge on any atom is -0.496 e. The van der Waals surface area contributed by atoms with E-state index in [2.05, 4.69) is 25.9 Å². The molecule has 0 unspecified atom stereocenters. The number of rotatable bonds is 6. The number of benzene rings is 2. The normalized spacial score (nSPS) is 10.9. The molecular formula is C21H16BrN3O4S. The largest absolute Gasteiger partial charge is 0.496 e. The second-order valence-electron chi connectivity index (χ2n) is 6.34. The van der Waals surface area contributed by atoms with E-state index < -0.39 is 5.97 Å². The molecule has 0 spiro atoms. The molecule has 0 saturated heterocycles. The lowest BCUT2D eigenvalue weighted by molar-refractivity contribution is -0.145. The van der Waals surface area contributed by atoms with Crippen molar-refractivity contribution in [2.75, 3.05) is 7.11 Å². The summed E-state index contributed by atoms with van der Waals surface area (Å²) < 4.78 is 12.9. The van der Waals surface area contributed by atoms with Crippen molar-refractivity contribution in [1.29, 1.82) is 0 Å². The lowest BCUT2D eigenvalue weighted by Crippen LogP contribution is -2.25. The number of nitrogens with zero attached hydrogens (tertiary/aromatic N) is 3. The summed E-state index contributed by atoms with van der Waals surface area (Å²) in [5, 5.41) is 3.04. The predicted molar refractivity (Wildman–Crippen MR) is 118 cm³/mol. The molecule has 30 heavy (non-hydrogen) atoms. The Balaban J connectivity index is 1.44. The fourth-order valence-electron chi connectivity index (χ4n) is 2.90. The minimum atomic E-state index is -0.538. The Labute approximate surface area is 184 Å². The van der Waals surface area contributed by atoms with E-state index in [1.165, 1.54) is 22.2 Å². The third kappa shape index (κ3) is 4.27. The van der Waals surface area contributed by atoms with Crippen molar-refractivity contribution in [3.05, 3.63) is 74.7 Å². The number of hydrogen-bond acceptors (Lipinski definition) is 7. The van der Waals surface area contributed by atoms with Crippen LogP contribution < -0.4 is 10.3 Å². The number of thiazole rings is 1. The summed E-state index contributed by atoms with van der Waals surface area (Å²) >= 11 is 4.88. The summed E-state index contributed by atoms with van der Waals surface area (Å²) in [5.74, 6) is 0.169. The van der Waals surface area contributed by atoms with Gasteiger partial charge in [-0.15, -0.1) is 11.3 Å². The predicted octanol–water partition coefficient (Wildman–Crippen LogP) is 4.03. The van der Waals surface area contributed by atoms with Crippen LogP contribution in [0.2, 0.25) is 0 Å². The van der Waals surface area contributed by atoms with Gasteiger partial charge < -0.3 is 9.47 Å². The lowest BCUT2D eigenvalue weighted by atomic mass is 10.2. The van der Waals surface area contributed by atoms with Crippen molar-refractivity contribution in [3.8, 4) is 16.3 Å². The van der Waals surface area contributed by atoms with Gasteiger partial charge in [0.1, 0.15) is 23.9 Å². The Hall–Kier alpha value is -3.04. The van der Waals surface area contributed by atoms with Gasteiger partial charge in [0.05, 0.1) is 35.6 Å². The average molecular weight is 486 g/mol. The molecule has 4 aromatic rings. The molecule has 2 aromatic carbocycles. The van der Waals surface area contributed by atoms with Crippen molar-refractivity contribution in [2.45, 2.75) is 13.2 Å². The Bertz CT molecular complexity index is 1280. The van der Waals surface area contributed by atoms with Gasteiger partial charge in [0.25, 0.3) is 5.56 Å². The van der Waals surface area contributed by atoms with Gasteiger partial charge >= 0.3 is 5.97 Å². The molecule has 0 aliphatic rings. The van der Waals surface area contributed by atoms with Gasteiger partial charge in [0.2, 0.25) is 0 Å². The number of ether oxygens (including phenoxy) is 2. The second kappa shape index (κ2) is 8.76. The van der Waals surface area contributed by atoms with Gasteiger partial charge in [-0.2, -0.15) is 0 Å². The maximum atomic E-state index is 12.5. The quantitative estimate of drug-likeness (QED) is 0.383. The van der Waals surface area contributed by atoms with Gasteiger partial charge in [0.15, 0.2) is 0 Å². The first kappa shape index (κ1) is 20.2. The van der Waals surface area contributed by atoms with Crippen molar-refractivity contribution in [2.24, 2.45) is 0 Å². The summed E-state index contributed by atoms with van der Waals surface area (Å²) in [6.45, 7) is -0.200. The number of carbonyl (C=O) groups is 1. The summed E-state index contributed by atoms with van der Waals surface area (Å²) in [4.78, 5) is 33.4. The topological polar surface area (TPSA) is 83.3 Å². The summed E-state index contributed by atoms with van der Waals surface area (Å²) in [6.07, 6.45) is 1.35. The number of fused-ring (bicyclic) bond motifs is 1. The van der Waals surface area contributed by atoms with Crippen LogP contribution in [0.5, 0.6) is 5.75 Å². The highest BCUT2D eigenvalue weighted by molar-refractivity contribution is 9.10. The smallest absolute Gasteiger partial charge is 0.326 e. The molecule has 2 heterocycles. The van der Waals surface area contributed by atoms with Crippen molar-refractivity contribution in [3.63, 3.8) is 0 Å². The van der Waals surface area contributed by atoms with Gasteiger partial charge in [-0.25, -0.2) is 9.97 Å². The van der Waals surface area contributed by atoms with Gasteiger partial charge in [-0.3, -0.25) is 14.2 Å². The van der Waals surface area contributed by atoms with Crippen molar-refractivity contribution < 1.29 is 14.3 Å². The molecule has 0 saturated carbocycles. The molecule has 9 heteroatoms. The number of carbonyl (C=O) groups excluding carboxylic acids is 1. The highest BCUT2D eigenvalue weighted by Gasteiger charge is 2.13.